The topological polar surface area (TPSA) is 108 Å². The normalized spacial score (nSPS) is 11.6. The van der Waals surface area contributed by atoms with Gasteiger partial charge < -0.3 is 20.1 Å². The Morgan fingerprint density at radius 2 is 1.79 bits per heavy atom. The molecule has 3 N–H and O–H groups in total. The van der Waals surface area contributed by atoms with Gasteiger partial charge in [-0.15, -0.1) is 0 Å². The number of carbonyl (C=O) groups excluding carboxylic acids is 3. The van der Waals surface area contributed by atoms with Crippen molar-refractivity contribution < 1.29 is 24.2 Å². The molecule has 0 aliphatic rings. The Bertz CT molecular complexity index is 707. The van der Waals surface area contributed by atoms with Crippen LogP contribution in [0.1, 0.15) is 33.2 Å². The molecule has 0 saturated heterocycles. The molecule has 7 nitrogen and oxygen atoms in total. The molecule has 1 aromatic carbocycles. The highest BCUT2D eigenvalue weighted by atomic mass is 16.5. The summed E-state index contributed by atoms with van der Waals surface area (Å²) < 4.78 is 4.76. The third-order valence-electron chi connectivity index (χ3n) is 3.33. The Kier molecular flexibility index (Phi) is 5.86. The number of nitrogens with one attached hydrogen (secondary N) is 2. The third kappa shape index (κ3) is 4.08. The summed E-state index contributed by atoms with van der Waals surface area (Å²) in [4.78, 5) is 38.6. The molecule has 0 bridgehead atoms. The van der Waals surface area contributed by atoms with E-state index in [1.807, 2.05) is 0 Å². The smallest absolute Gasteiger partial charge is 0.331 e. The number of aliphatic hydroxyl groups excluding tert-OH is 1. The highest BCUT2D eigenvalue weighted by Crippen LogP contribution is 2.11. The van der Waals surface area contributed by atoms with E-state index in [2.05, 4.69) is 10.3 Å². The largest absolute Gasteiger partial charge is 0.464 e. The van der Waals surface area contributed by atoms with E-state index in [0.717, 1.165) is 0 Å². The van der Waals surface area contributed by atoms with Gasteiger partial charge in [0.25, 0.3) is 5.91 Å². The molecule has 0 radical (unpaired) electrons. The lowest BCUT2D eigenvalue weighted by molar-refractivity contribution is -0.146. The molecular formula is C17H18N2O5. The van der Waals surface area contributed by atoms with E-state index >= 15 is 0 Å². The van der Waals surface area contributed by atoms with Crippen molar-refractivity contribution in [2.75, 3.05) is 13.2 Å². The number of aliphatic hydroxyl groups is 1. The van der Waals surface area contributed by atoms with Crippen molar-refractivity contribution in [2.24, 2.45) is 0 Å². The number of benzene rings is 1. The minimum atomic E-state index is -1.13. The van der Waals surface area contributed by atoms with Crippen molar-refractivity contribution in [2.45, 2.75) is 13.0 Å². The first-order chi connectivity index (χ1) is 11.6. The summed E-state index contributed by atoms with van der Waals surface area (Å²) >= 11 is 0. The van der Waals surface area contributed by atoms with E-state index in [0.29, 0.717) is 11.1 Å². The molecule has 1 aromatic heterocycles. The zero-order chi connectivity index (χ0) is 17.5. The number of ether oxygens (including phenoxy) is 1. The number of carbonyl (C=O) groups is 3. The van der Waals surface area contributed by atoms with Gasteiger partial charge in [0.2, 0.25) is 0 Å². The SMILES string of the molecule is CCOC(=O)[C@H](CO)NC(=O)c1ccc(C(=O)c2cc[nH]c2)cc1. The maximum Gasteiger partial charge on any atom is 0.331 e. The van der Waals surface area contributed by atoms with Crippen LogP contribution in [0.2, 0.25) is 0 Å². The minimum absolute atomic E-state index is 0.154. The van der Waals surface area contributed by atoms with Crippen molar-refractivity contribution in [3.8, 4) is 0 Å². The molecule has 0 spiro atoms. The fourth-order valence-electron chi connectivity index (χ4n) is 2.07. The van der Waals surface area contributed by atoms with E-state index < -0.39 is 24.5 Å². The number of esters is 1. The molecule has 1 atom stereocenters. The molecule has 0 saturated carbocycles. The lowest BCUT2D eigenvalue weighted by Gasteiger charge is -2.14. The van der Waals surface area contributed by atoms with Crippen LogP contribution >= 0.6 is 0 Å². The number of hydrogen-bond donors (Lipinski definition) is 3. The number of H-pyrrole nitrogens is 1. The molecule has 2 aromatic rings. The van der Waals surface area contributed by atoms with Crippen LogP contribution in [0, 0.1) is 0 Å². The molecule has 7 heteroatoms. The Balaban J connectivity index is 2.05. The second-order valence-corrected chi connectivity index (χ2v) is 4.97. The van der Waals surface area contributed by atoms with Crippen molar-refractivity contribution in [1.82, 2.24) is 10.3 Å². The number of ketones is 1. The molecule has 0 unspecified atom stereocenters. The van der Waals surface area contributed by atoms with Gasteiger partial charge in [0.15, 0.2) is 11.8 Å². The Morgan fingerprint density at radius 1 is 1.12 bits per heavy atom. The van der Waals surface area contributed by atoms with Gasteiger partial charge in [0.1, 0.15) is 0 Å². The number of amides is 1. The third-order valence-corrected chi connectivity index (χ3v) is 3.33. The summed E-state index contributed by atoms with van der Waals surface area (Å²) in [7, 11) is 0. The van der Waals surface area contributed by atoms with Crippen LogP contribution in [0.3, 0.4) is 0 Å². The van der Waals surface area contributed by atoms with E-state index in [-0.39, 0.29) is 18.0 Å². The molecule has 126 valence electrons. The second kappa shape index (κ2) is 8.07. The van der Waals surface area contributed by atoms with E-state index in [9.17, 15) is 19.5 Å². The van der Waals surface area contributed by atoms with Gasteiger partial charge in [0, 0.05) is 29.1 Å². The predicted octanol–water partition coefficient (Wildman–Crippen LogP) is 0.899. The van der Waals surface area contributed by atoms with Gasteiger partial charge in [-0.3, -0.25) is 9.59 Å². The van der Waals surface area contributed by atoms with Crippen LogP contribution in [0.4, 0.5) is 0 Å². The number of aromatic nitrogens is 1. The Hall–Kier alpha value is -2.93. The van der Waals surface area contributed by atoms with Crippen molar-refractivity contribution in [3.05, 3.63) is 59.4 Å². The summed E-state index contributed by atoms with van der Waals surface area (Å²) in [5.41, 5.74) is 1.23. The zero-order valence-electron chi connectivity index (χ0n) is 13.1. The van der Waals surface area contributed by atoms with Crippen LogP contribution in [0.15, 0.2) is 42.7 Å². The van der Waals surface area contributed by atoms with Crippen molar-refractivity contribution in [3.63, 3.8) is 0 Å². The summed E-state index contributed by atoms with van der Waals surface area (Å²) in [6.45, 7) is 1.23. The van der Waals surface area contributed by atoms with Crippen LogP contribution in [-0.2, 0) is 9.53 Å². The second-order valence-electron chi connectivity index (χ2n) is 4.97. The van der Waals surface area contributed by atoms with Gasteiger partial charge in [-0.05, 0) is 25.1 Å². The zero-order valence-corrected chi connectivity index (χ0v) is 13.1. The Labute approximate surface area is 138 Å². The van der Waals surface area contributed by atoms with Crippen molar-refractivity contribution >= 4 is 17.7 Å². The van der Waals surface area contributed by atoms with Crippen LogP contribution in [0.5, 0.6) is 0 Å². The first-order valence-electron chi connectivity index (χ1n) is 7.42. The molecule has 1 amide bonds. The fraction of sp³-hybridized carbons (Fsp3) is 0.235. The summed E-state index contributed by atoms with van der Waals surface area (Å²) in [5.74, 6) is -1.40. The van der Waals surface area contributed by atoms with Gasteiger partial charge in [-0.2, -0.15) is 0 Å². The first kappa shape index (κ1) is 17.4. The predicted molar refractivity (Wildman–Crippen MR) is 85.6 cm³/mol. The molecule has 0 fully saturated rings. The number of aromatic amines is 1. The van der Waals surface area contributed by atoms with Crippen LogP contribution < -0.4 is 5.32 Å². The van der Waals surface area contributed by atoms with E-state index in [1.165, 1.54) is 24.3 Å². The lowest BCUT2D eigenvalue weighted by atomic mass is 10.0. The summed E-state index contributed by atoms with van der Waals surface area (Å²) in [6.07, 6.45) is 3.24. The molecule has 1 heterocycles. The van der Waals surface area contributed by atoms with Gasteiger partial charge in [0.05, 0.1) is 13.2 Å². The monoisotopic (exact) mass is 330 g/mol. The fourth-order valence-corrected chi connectivity index (χ4v) is 2.07. The highest BCUT2D eigenvalue weighted by Gasteiger charge is 2.21. The quantitative estimate of drug-likeness (QED) is 0.516. The number of hydrogen-bond acceptors (Lipinski definition) is 5. The minimum Gasteiger partial charge on any atom is -0.464 e. The molecule has 24 heavy (non-hydrogen) atoms. The first-order valence-corrected chi connectivity index (χ1v) is 7.42. The van der Waals surface area contributed by atoms with Gasteiger partial charge >= 0.3 is 5.97 Å². The molecule has 0 aliphatic heterocycles. The summed E-state index contributed by atoms with van der Waals surface area (Å²) in [5, 5.41) is 11.6. The van der Waals surface area contributed by atoms with Crippen LogP contribution in [0.25, 0.3) is 0 Å². The van der Waals surface area contributed by atoms with Crippen molar-refractivity contribution in [1.29, 1.82) is 0 Å². The van der Waals surface area contributed by atoms with E-state index in [1.54, 1.807) is 25.4 Å². The summed E-state index contributed by atoms with van der Waals surface area (Å²) in [6, 6.07) is 6.56. The lowest BCUT2D eigenvalue weighted by Crippen LogP contribution is -2.44. The van der Waals surface area contributed by atoms with Gasteiger partial charge in [-0.25, -0.2) is 4.79 Å². The van der Waals surface area contributed by atoms with Crippen LogP contribution in [-0.4, -0.2) is 47.0 Å². The molecule has 2 rings (SSSR count). The maximum absolute atomic E-state index is 12.2. The maximum atomic E-state index is 12.2. The average molecular weight is 330 g/mol. The molecular weight excluding hydrogens is 312 g/mol. The number of rotatable bonds is 7. The highest BCUT2D eigenvalue weighted by molar-refractivity contribution is 6.09. The average Bonchev–Trinajstić information content (AvgIpc) is 3.13. The molecule has 0 aliphatic carbocycles. The van der Waals surface area contributed by atoms with Gasteiger partial charge in [-0.1, -0.05) is 12.1 Å². The Morgan fingerprint density at radius 3 is 2.33 bits per heavy atom. The van der Waals surface area contributed by atoms with E-state index in [4.69, 9.17) is 4.74 Å². The standard InChI is InChI=1S/C17H18N2O5/c1-2-24-17(23)14(10-20)19-16(22)12-5-3-11(4-6-12)15(21)13-7-8-18-9-13/h3-9,14,18,20H,2,10H2,1H3,(H,19,22)/t14-/m0/s1.